The van der Waals surface area contributed by atoms with Gasteiger partial charge < -0.3 is 19.3 Å². The summed E-state index contributed by atoms with van der Waals surface area (Å²) < 4.78 is 2.19. The van der Waals surface area contributed by atoms with Gasteiger partial charge in [0.1, 0.15) is 5.82 Å². The molecule has 0 aromatic carbocycles. The van der Waals surface area contributed by atoms with Gasteiger partial charge in [0.05, 0.1) is 5.92 Å². The summed E-state index contributed by atoms with van der Waals surface area (Å²) in [4.78, 5) is 35.4. The molecule has 3 heterocycles. The van der Waals surface area contributed by atoms with Crippen molar-refractivity contribution >= 4 is 11.8 Å². The van der Waals surface area contributed by atoms with E-state index < -0.39 is 0 Å². The van der Waals surface area contributed by atoms with Crippen LogP contribution in [0.4, 0.5) is 0 Å². The number of amides is 2. The number of nitrogens with zero attached hydrogens (tertiary/aromatic N) is 5. The minimum absolute atomic E-state index is 0.116. The first-order chi connectivity index (χ1) is 12.5. The Morgan fingerprint density at radius 1 is 1.31 bits per heavy atom. The van der Waals surface area contributed by atoms with E-state index in [4.69, 9.17) is 0 Å². The number of hydrogen-bond acceptors (Lipinski definition) is 4. The van der Waals surface area contributed by atoms with E-state index in [0.29, 0.717) is 25.4 Å². The van der Waals surface area contributed by atoms with E-state index in [1.165, 1.54) is 0 Å². The van der Waals surface area contributed by atoms with Gasteiger partial charge in [-0.3, -0.25) is 9.59 Å². The SMILES string of the molecule is CCn1ccnc1C1CCN(C(=O)C2CC(=O)N(CCN(C)C)C2)CC1. The van der Waals surface area contributed by atoms with Gasteiger partial charge in [0.15, 0.2) is 0 Å². The number of carbonyl (C=O) groups is 2. The van der Waals surface area contributed by atoms with Gasteiger partial charge >= 0.3 is 0 Å². The normalized spacial score (nSPS) is 21.8. The van der Waals surface area contributed by atoms with Crippen LogP contribution in [0.2, 0.25) is 0 Å². The van der Waals surface area contributed by atoms with Crippen molar-refractivity contribution in [2.45, 2.75) is 38.6 Å². The molecule has 2 amide bonds. The lowest BCUT2D eigenvalue weighted by Gasteiger charge is -2.33. The maximum Gasteiger partial charge on any atom is 0.227 e. The molecule has 7 heteroatoms. The number of likely N-dealkylation sites (N-methyl/N-ethyl adjacent to an activating group) is 1. The monoisotopic (exact) mass is 361 g/mol. The Hall–Kier alpha value is -1.89. The van der Waals surface area contributed by atoms with Gasteiger partial charge in [0.25, 0.3) is 0 Å². The van der Waals surface area contributed by atoms with Crippen LogP contribution in [0.3, 0.4) is 0 Å². The molecule has 0 saturated carbocycles. The minimum Gasteiger partial charge on any atom is -0.342 e. The zero-order chi connectivity index (χ0) is 18.7. The summed E-state index contributed by atoms with van der Waals surface area (Å²) in [6.07, 6.45) is 6.16. The van der Waals surface area contributed by atoms with Crippen molar-refractivity contribution in [1.82, 2.24) is 24.3 Å². The lowest BCUT2D eigenvalue weighted by molar-refractivity contribution is -0.136. The molecule has 0 N–H and O–H groups in total. The first kappa shape index (κ1) is 18.9. The third-order valence-electron chi connectivity index (χ3n) is 5.64. The smallest absolute Gasteiger partial charge is 0.227 e. The maximum absolute atomic E-state index is 12.9. The summed E-state index contributed by atoms with van der Waals surface area (Å²) in [7, 11) is 3.99. The topological polar surface area (TPSA) is 61.7 Å². The number of imidazole rings is 1. The van der Waals surface area contributed by atoms with Gasteiger partial charge in [0, 0.05) is 64.0 Å². The summed E-state index contributed by atoms with van der Waals surface area (Å²) in [5.74, 6) is 1.67. The van der Waals surface area contributed by atoms with Crippen molar-refractivity contribution in [3.05, 3.63) is 18.2 Å². The number of carbonyl (C=O) groups excluding carboxylic acids is 2. The largest absolute Gasteiger partial charge is 0.342 e. The first-order valence-corrected chi connectivity index (χ1v) is 9.72. The van der Waals surface area contributed by atoms with Crippen LogP contribution in [0, 0.1) is 5.92 Å². The Balaban J connectivity index is 1.52. The predicted molar refractivity (Wildman–Crippen MR) is 99.7 cm³/mol. The lowest BCUT2D eigenvalue weighted by atomic mass is 9.94. The zero-order valence-electron chi connectivity index (χ0n) is 16.2. The average molecular weight is 361 g/mol. The highest BCUT2D eigenvalue weighted by atomic mass is 16.2. The summed E-state index contributed by atoms with van der Waals surface area (Å²) in [6, 6.07) is 0. The van der Waals surface area contributed by atoms with Crippen LogP contribution in [0.25, 0.3) is 0 Å². The van der Waals surface area contributed by atoms with E-state index >= 15 is 0 Å². The predicted octanol–water partition coefficient (Wildman–Crippen LogP) is 1.02. The molecule has 144 valence electrons. The van der Waals surface area contributed by atoms with Crippen molar-refractivity contribution in [3.8, 4) is 0 Å². The molecule has 0 bridgehead atoms. The van der Waals surface area contributed by atoms with E-state index in [2.05, 4.69) is 21.4 Å². The molecule has 2 aliphatic rings. The number of aromatic nitrogens is 2. The molecule has 26 heavy (non-hydrogen) atoms. The highest BCUT2D eigenvalue weighted by molar-refractivity contribution is 5.89. The molecule has 2 saturated heterocycles. The van der Waals surface area contributed by atoms with Crippen LogP contribution in [0.5, 0.6) is 0 Å². The molecule has 3 rings (SSSR count). The maximum atomic E-state index is 12.9. The second kappa shape index (κ2) is 8.20. The zero-order valence-corrected chi connectivity index (χ0v) is 16.2. The van der Waals surface area contributed by atoms with Crippen molar-refractivity contribution in [1.29, 1.82) is 0 Å². The fourth-order valence-corrected chi connectivity index (χ4v) is 4.04. The van der Waals surface area contributed by atoms with Crippen molar-refractivity contribution in [3.63, 3.8) is 0 Å². The number of piperidine rings is 1. The summed E-state index contributed by atoms with van der Waals surface area (Å²) in [5.41, 5.74) is 0. The Kier molecular flexibility index (Phi) is 5.96. The third kappa shape index (κ3) is 4.09. The van der Waals surface area contributed by atoms with E-state index in [9.17, 15) is 9.59 Å². The Labute approximate surface area is 156 Å². The van der Waals surface area contributed by atoms with E-state index in [1.54, 1.807) is 0 Å². The standard InChI is InChI=1S/C19H31N5O2/c1-4-22-10-7-20-18(22)15-5-8-23(9-6-15)19(26)16-13-17(25)24(14-16)12-11-21(2)3/h7,10,15-16H,4-6,8-9,11-14H2,1-3H3. The lowest BCUT2D eigenvalue weighted by Crippen LogP contribution is -2.42. The molecule has 1 unspecified atom stereocenters. The van der Waals surface area contributed by atoms with Crippen LogP contribution in [0.15, 0.2) is 12.4 Å². The Bertz CT molecular complexity index is 634. The van der Waals surface area contributed by atoms with E-state index in [-0.39, 0.29) is 17.7 Å². The molecule has 1 aromatic rings. The van der Waals surface area contributed by atoms with Crippen LogP contribution >= 0.6 is 0 Å². The van der Waals surface area contributed by atoms with E-state index in [1.807, 2.05) is 36.3 Å². The third-order valence-corrected chi connectivity index (χ3v) is 5.64. The average Bonchev–Trinajstić information content (AvgIpc) is 3.26. The second-order valence-corrected chi connectivity index (χ2v) is 7.72. The fraction of sp³-hybridized carbons (Fsp3) is 0.737. The van der Waals surface area contributed by atoms with E-state index in [0.717, 1.165) is 44.8 Å². The molecule has 1 aromatic heterocycles. The minimum atomic E-state index is -0.168. The summed E-state index contributed by atoms with van der Waals surface area (Å²) >= 11 is 0. The fourth-order valence-electron chi connectivity index (χ4n) is 4.04. The number of hydrogen-bond donors (Lipinski definition) is 0. The van der Waals surface area contributed by atoms with Crippen LogP contribution in [0.1, 0.15) is 37.9 Å². The molecule has 7 nitrogen and oxygen atoms in total. The van der Waals surface area contributed by atoms with Gasteiger partial charge in [-0.05, 0) is 33.9 Å². The molecule has 1 atom stereocenters. The summed E-state index contributed by atoms with van der Waals surface area (Å²) in [5, 5.41) is 0. The van der Waals surface area contributed by atoms with Crippen molar-refractivity contribution in [2.75, 3.05) is 46.8 Å². The number of rotatable bonds is 6. The highest BCUT2D eigenvalue weighted by Gasteiger charge is 2.37. The van der Waals surface area contributed by atoms with Crippen molar-refractivity contribution < 1.29 is 9.59 Å². The molecule has 2 aliphatic heterocycles. The van der Waals surface area contributed by atoms with Gasteiger partial charge in [-0.15, -0.1) is 0 Å². The second-order valence-electron chi connectivity index (χ2n) is 7.72. The molecule has 2 fully saturated rings. The first-order valence-electron chi connectivity index (χ1n) is 9.72. The van der Waals surface area contributed by atoms with Crippen LogP contribution < -0.4 is 0 Å². The van der Waals surface area contributed by atoms with Gasteiger partial charge in [-0.25, -0.2) is 4.98 Å². The van der Waals surface area contributed by atoms with Gasteiger partial charge in [-0.2, -0.15) is 0 Å². The Morgan fingerprint density at radius 2 is 2.04 bits per heavy atom. The summed E-state index contributed by atoms with van der Waals surface area (Å²) in [6.45, 7) is 6.71. The highest BCUT2D eigenvalue weighted by Crippen LogP contribution is 2.29. The number of likely N-dealkylation sites (tertiary alicyclic amines) is 2. The molecule has 0 radical (unpaired) electrons. The van der Waals surface area contributed by atoms with Gasteiger partial charge in [-0.1, -0.05) is 0 Å². The molecular weight excluding hydrogens is 330 g/mol. The molecular formula is C19H31N5O2. The quantitative estimate of drug-likeness (QED) is 0.759. The molecule has 0 aliphatic carbocycles. The van der Waals surface area contributed by atoms with Crippen molar-refractivity contribution in [2.24, 2.45) is 5.92 Å². The molecule has 0 spiro atoms. The number of aryl methyl sites for hydroxylation is 1. The van der Waals surface area contributed by atoms with Gasteiger partial charge in [0.2, 0.25) is 11.8 Å². The Morgan fingerprint density at radius 3 is 2.69 bits per heavy atom. The van der Waals surface area contributed by atoms with Crippen LogP contribution in [-0.4, -0.2) is 82.9 Å². The van der Waals surface area contributed by atoms with Crippen LogP contribution in [-0.2, 0) is 16.1 Å².